The topological polar surface area (TPSA) is 93.8 Å². The van der Waals surface area contributed by atoms with E-state index in [0.717, 1.165) is 0 Å². The van der Waals surface area contributed by atoms with Crippen molar-refractivity contribution >= 4 is 11.5 Å². The van der Waals surface area contributed by atoms with Gasteiger partial charge in [-0.25, -0.2) is 15.0 Å². The van der Waals surface area contributed by atoms with Gasteiger partial charge in [0, 0.05) is 30.6 Å². The van der Waals surface area contributed by atoms with Crippen LogP contribution in [0.3, 0.4) is 0 Å². The molecule has 0 spiro atoms. The highest BCUT2D eigenvalue weighted by molar-refractivity contribution is 5.70. The molecule has 0 aromatic carbocycles. The number of hydrogen-bond acceptors (Lipinski definition) is 6. The quantitative estimate of drug-likeness (QED) is 0.652. The lowest BCUT2D eigenvalue weighted by molar-refractivity contribution is -0.384. The summed E-state index contributed by atoms with van der Waals surface area (Å²) in [5, 5.41) is 14.0. The molecule has 0 unspecified atom stereocenters. The highest BCUT2D eigenvalue weighted by atomic mass is 16.6. The third-order valence-electron chi connectivity index (χ3n) is 2.26. The van der Waals surface area contributed by atoms with Crippen LogP contribution in [0.4, 0.5) is 11.5 Å². The van der Waals surface area contributed by atoms with E-state index in [1.54, 1.807) is 6.07 Å². The average Bonchev–Trinajstić information content (AvgIpc) is 2.40. The summed E-state index contributed by atoms with van der Waals surface area (Å²) >= 11 is 0. The van der Waals surface area contributed by atoms with Crippen LogP contribution in [0.2, 0.25) is 0 Å². The predicted molar refractivity (Wildman–Crippen MR) is 66.1 cm³/mol. The van der Waals surface area contributed by atoms with Crippen LogP contribution in [-0.2, 0) is 0 Å². The average molecular weight is 245 g/mol. The largest absolute Gasteiger partial charge is 0.370 e. The van der Waals surface area contributed by atoms with Crippen LogP contribution < -0.4 is 5.32 Å². The minimum absolute atomic E-state index is 0.0635. The van der Waals surface area contributed by atoms with E-state index in [9.17, 15) is 10.1 Å². The van der Waals surface area contributed by atoms with Crippen LogP contribution >= 0.6 is 0 Å². The number of aromatic nitrogens is 3. The number of anilines is 1. The number of pyridine rings is 1. The molecule has 0 bridgehead atoms. The lowest BCUT2D eigenvalue weighted by atomic mass is 10.2. The monoisotopic (exact) mass is 245 g/mol. The Labute approximate surface area is 103 Å². The van der Waals surface area contributed by atoms with E-state index in [2.05, 4.69) is 20.3 Å². The van der Waals surface area contributed by atoms with Gasteiger partial charge in [-0.2, -0.15) is 0 Å². The summed E-state index contributed by atoms with van der Waals surface area (Å²) in [4.78, 5) is 22.4. The summed E-state index contributed by atoms with van der Waals surface area (Å²) in [6, 6.07) is 3.00. The fraction of sp³-hybridized carbons (Fsp3) is 0.182. The molecule has 2 rings (SSSR count). The van der Waals surface area contributed by atoms with Gasteiger partial charge in [0.1, 0.15) is 12.1 Å². The molecule has 0 saturated heterocycles. The molecule has 0 saturated carbocycles. The van der Waals surface area contributed by atoms with E-state index in [0.29, 0.717) is 17.9 Å². The highest BCUT2D eigenvalue weighted by Crippen LogP contribution is 2.28. The molecule has 0 atom stereocenters. The lowest BCUT2D eigenvalue weighted by Gasteiger charge is -2.05. The molecule has 0 fully saturated rings. The smallest absolute Gasteiger partial charge is 0.295 e. The third kappa shape index (κ3) is 2.40. The fourth-order valence-corrected chi connectivity index (χ4v) is 1.51. The zero-order valence-corrected chi connectivity index (χ0v) is 9.70. The van der Waals surface area contributed by atoms with Gasteiger partial charge in [-0.15, -0.1) is 0 Å². The number of nitro groups is 1. The Kier molecular flexibility index (Phi) is 3.42. The van der Waals surface area contributed by atoms with Gasteiger partial charge in [0.2, 0.25) is 0 Å². The molecule has 2 heterocycles. The van der Waals surface area contributed by atoms with E-state index in [1.807, 2.05) is 6.92 Å². The van der Waals surface area contributed by atoms with Crippen molar-refractivity contribution in [2.75, 3.05) is 11.9 Å². The second-order valence-corrected chi connectivity index (χ2v) is 3.48. The molecule has 1 N–H and O–H groups in total. The maximum absolute atomic E-state index is 11.0. The van der Waals surface area contributed by atoms with Crippen LogP contribution in [0, 0.1) is 10.1 Å². The molecule has 2 aromatic heterocycles. The zero-order chi connectivity index (χ0) is 13.0. The SMILES string of the molecule is CCNc1ccc([N+](=O)[O-])c(-c2cncnc2)n1. The van der Waals surface area contributed by atoms with Crippen LogP contribution in [0.25, 0.3) is 11.3 Å². The van der Waals surface area contributed by atoms with E-state index >= 15 is 0 Å². The van der Waals surface area contributed by atoms with E-state index in [1.165, 1.54) is 24.8 Å². The maximum atomic E-state index is 11.0. The van der Waals surface area contributed by atoms with Gasteiger partial charge in [-0.3, -0.25) is 10.1 Å². The molecule has 0 aliphatic rings. The van der Waals surface area contributed by atoms with Crippen molar-refractivity contribution < 1.29 is 4.92 Å². The van der Waals surface area contributed by atoms with Gasteiger partial charge in [0.15, 0.2) is 5.69 Å². The zero-order valence-electron chi connectivity index (χ0n) is 9.70. The molecule has 0 amide bonds. The third-order valence-corrected chi connectivity index (χ3v) is 2.26. The Morgan fingerprint density at radius 1 is 1.33 bits per heavy atom. The van der Waals surface area contributed by atoms with Crippen molar-refractivity contribution in [3.8, 4) is 11.3 Å². The Morgan fingerprint density at radius 2 is 2.06 bits per heavy atom. The Balaban J connectivity index is 2.54. The van der Waals surface area contributed by atoms with Crippen molar-refractivity contribution in [2.24, 2.45) is 0 Å². The molecule has 0 aliphatic carbocycles. The fourth-order valence-electron chi connectivity index (χ4n) is 1.51. The maximum Gasteiger partial charge on any atom is 0.295 e. The number of hydrogen-bond donors (Lipinski definition) is 1. The van der Waals surface area contributed by atoms with Crippen LogP contribution in [0.15, 0.2) is 30.9 Å². The number of nitrogens with one attached hydrogen (secondary N) is 1. The summed E-state index contributed by atoms with van der Waals surface area (Å²) < 4.78 is 0. The van der Waals surface area contributed by atoms with Gasteiger partial charge in [0.05, 0.1) is 4.92 Å². The second-order valence-electron chi connectivity index (χ2n) is 3.48. The highest BCUT2D eigenvalue weighted by Gasteiger charge is 2.17. The van der Waals surface area contributed by atoms with Gasteiger partial charge >= 0.3 is 0 Å². The Bertz CT molecular complexity index is 559. The molecule has 92 valence electrons. The lowest BCUT2D eigenvalue weighted by Crippen LogP contribution is -2.02. The molecule has 7 heteroatoms. The normalized spacial score (nSPS) is 10.1. The molecule has 18 heavy (non-hydrogen) atoms. The first-order valence-corrected chi connectivity index (χ1v) is 5.37. The van der Waals surface area contributed by atoms with Crippen molar-refractivity contribution in [3.05, 3.63) is 41.0 Å². The first-order valence-electron chi connectivity index (χ1n) is 5.37. The van der Waals surface area contributed by atoms with Crippen molar-refractivity contribution in [2.45, 2.75) is 6.92 Å². The molecular weight excluding hydrogens is 234 g/mol. The van der Waals surface area contributed by atoms with E-state index in [-0.39, 0.29) is 11.4 Å². The summed E-state index contributed by atoms with van der Waals surface area (Å²) in [6.45, 7) is 2.62. The summed E-state index contributed by atoms with van der Waals surface area (Å²) in [6.07, 6.45) is 4.36. The summed E-state index contributed by atoms with van der Waals surface area (Å²) in [7, 11) is 0. The Hall–Kier alpha value is -2.57. The molecule has 7 nitrogen and oxygen atoms in total. The Morgan fingerprint density at radius 3 is 2.67 bits per heavy atom. The van der Waals surface area contributed by atoms with Gasteiger partial charge in [0.25, 0.3) is 5.69 Å². The first-order chi connectivity index (χ1) is 8.72. The van der Waals surface area contributed by atoms with Gasteiger partial charge in [-0.1, -0.05) is 0 Å². The summed E-state index contributed by atoms with van der Waals surface area (Å²) in [5.41, 5.74) is 0.717. The van der Waals surface area contributed by atoms with Crippen molar-refractivity contribution in [1.82, 2.24) is 15.0 Å². The molecule has 0 radical (unpaired) electrons. The van der Waals surface area contributed by atoms with E-state index in [4.69, 9.17) is 0 Å². The van der Waals surface area contributed by atoms with Gasteiger partial charge < -0.3 is 5.32 Å². The van der Waals surface area contributed by atoms with Crippen LogP contribution in [-0.4, -0.2) is 26.4 Å². The minimum Gasteiger partial charge on any atom is -0.370 e. The molecule has 2 aromatic rings. The predicted octanol–water partition coefficient (Wildman–Crippen LogP) is 1.88. The first kappa shape index (κ1) is 11.9. The summed E-state index contributed by atoms with van der Waals surface area (Å²) in [5.74, 6) is 0.585. The second kappa shape index (κ2) is 5.17. The molecule has 0 aliphatic heterocycles. The minimum atomic E-state index is -0.467. The standard InChI is InChI=1S/C11H11N5O2/c1-2-14-10-4-3-9(16(17)18)11(15-10)8-5-12-7-13-6-8/h3-7H,2H2,1H3,(H,14,15). The number of rotatable bonds is 4. The van der Waals surface area contributed by atoms with E-state index < -0.39 is 4.92 Å². The van der Waals surface area contributed by atoms with Crippen molar-refractivity contribution in [1.29, 1.82) is 0 Å². The van der Waals surface area contributed by atoms with Gasteiger partial charge in [-0.05, 0) is 13.0 Å². The molecular formula is C11H11N5O2. The van der Waals surface area contributed by atoms with Crippen LogP contribution in [0.5, 0.6) is 0 Å². The number of nitrogens with zero attached hydrogens (tertiary/aromatic N) is 4. The van der Waals surface area contributed by atoms with Crippen molar-refractivity contribution in [3.63, 3.8) is 0 Å². The van der Waals surface area contributed by atoms with Crippen LogP contribution in [0.1, 0.15) is 6.92 Å².